The van der Waals surface area contributed by atoms with E-state index in [-0.39, 0.29) is 0 Å². The monoisotopic (exact) mass is 261 g/mol. The first kappa shape index (κ1) is 13.9. The van der Waals surface area contributed by atoms with Crippen LogP contribution in [0.15, 0.2) is 36.1 Å². The lowest BCUT2D eigenvalue weighted by Crippen LogP contribution is -2.31. The van der Waals surface area contributed by atoms with E-state index in [0.29, 0.717) is 6.04 Å². The van der Waals surface area contributed by atoms with Gasteiger partial charge in [-0.15, -0.1) is 0 Å². The van der Waals surface area contributed by atoms with Crippen molar-refractivity contribution in [1.82, 2.24) is 5.32 Å². The van der Waals surface area contributed by atoms with Gasteiger partial charge in [0.25, 0.3) is 0 Å². The minimum Gasteiger partial charge on any atom is -0.497 e. The van der Waals surface area contributed by atoms with Crippen LogP contribution in [0.4, 0.5) is 0 Å². The molecule has 0 fully saturated rings. The van der Waals surface area contributed by atoms with Gasteiger partial charge in [0.1, 0.15) is 11.5 Å². The van der Waals surface area contributed by atoms with Gasteiger partial charge in [0, 0.05) is 6.42 Å². The van der Waals surface area contributed by atoms with Gasteiger partial charge < -0.3 is 14.8 Å². The average molecular weight is 261 g/mol. The van der Waals surface area contributed by atoms with Gasteiger partial charge in [-0.3, -0.25) is 0 Å². The first-order valence-corrected chi connectivity index (χ1v) is 7.02. The predicted octanol–water partition coefficient (Wildman–Crippen LogP) is 2.91. The second-order valence-electron chi connectivity index (χ2n) is 4.74. The fraction of sp³-hybridized carbons (Fsp3) is 0.500. The van der Waals surface area contributed by atoms with Crippen LogP contribution < -0.4 is 10.1 Å². The highest BCUT2D eigenvalue weighted by Gasteiger charge is 2.17. The lowest BCUT2D eigenvalue weighted by atomic mass is 10.0. The number of hydrogen-bond acceptors (Lipinski definition) is 3. The molecule has 0 aromatic heterocycles. The van der Waals surface area contributed by atoms with E-state index in [4.69, 9.17) is 9.47 Å². The molecule has 2 rings (SSSR count). The maximum atomic E-state index is 5.67. The summed E-state index contributed by atoms with van der Waals surface area (Å²) in [5.41, 5.74) is 1.34. The summed E-state index contributed by atoms with van der Waals surface area (Å²) in [4.78, 5) is 0. The van der Waals surface area contributed by atoms with E-state index >= 15 is 0 Å². The highest BCUT2D eigenvalue weighted by atomic mass is 16.5. The third-order valence-corrected chi connectivity index (χ3v) is 3.41. The molecule has 1 atom stereocenters. The molecule has 0 amide bonds. The lowest BCUT2D eigenvalue weighted by molar-refractivity contribution is 0.212. The third kappa shape index (κ3) is 4.00. The van der Waals surface area contributed by atoms with Gasteiger partial charge >= 0.3 is 0 Å². The fourth-order valence-corrected chi connectivity index (χ4v) is 2.37. The Morgan fingerprint density at radius 2 is 2.11 bits per heavy atom. The van der Waals surface area contributed by atoms with Crippen molar-refractivity contribution >= 4 is 0 Å². The smallest absolute Gasteiger partial charge is 0.118 e. The van der Waals surface area contributed by atoms with E-state index in [1.54, 1.807) is 7.11 Å². The Hall–Kier alpha value is -1.48. The molecular weight excluding hydrogens is 238 g/mol. The van der Waals surface area contributed by atoms with E-state index in [0.717, 1.165) is 43.9 Å². The molecular formula is C16H23NO2. The molecule has 1 unspecified atom stereocenters. The maximum Gasteiger partial charge on any atom is 0.118 e. The average Bonchev–Trinajstić information content (AvgIpc) is 2.98. The third-order valence-electron chi connectivity index (χ3n) is 3.41. The quantitative estimate of drug-likeness (QED) is 0.818. The van der Waals surface area contributed by atoms with Crippen molar-refractivity contribution in [3.05, 3.63) is 41.7 Å². The fourth-order valence-electron chi connectivity index (χ4n) is 2.37. The van der Waals surface area contributed by atoms with Crippen molar-refractivity contribution in [2.24, 2.45) is 0 Å². The molecule has 3 heteroatoms. The van der Waals surface area contributed by atoms with Crippen LogP contribution in [0.5, 0.6) is 5.75 Å². The molecule has 1 heterocycles. The molecule has 0 bridgehead atoms. The summed E-state index contributed by atoms with van der Waals surface area (Å²) in [6, 6.07) is 8.64. The number of ether oxygens (including phenoxy) is 2. The number of methoxy groups -OCH3 is 1. The first-order valence-electron chi connectivity index (χ1n) is 7.02. The first-order chi connectivity index (χ1) is 9.33. The van der Waals surface area contributed by atoms with Crippen molar-refractivity contribution in [3.8, 4) is 5.75 Å². The Kier molecular flexibility index (Phi) is 5.28. The molecule has 19 heavy (non-hydrogen) atoms. The highest BCUT2D eigenvalue weighted by molar-refractivity contribution is 5.27. The molecule has 1 aromatic carbocycles. The Balaban J connectivity index is 1.90. The number of nitrogens with one attached hydrogen (secondary N) is 1. The van der Waals surface area contributed by atoms with Gasteiger partial charge in [-0.1, -0.05) is 19.1 Å². The zero-order valence-electron chi connectivity index (χ0n) is 11.8. The van der Waals surface area contributed by atoms with Crippen LogP contribution >= 0.6 is 0 Å². The molecule has 104 valence electrons. The molecule has 0 aliphatic carbocycles. The van der Waals surface area contributed by atoms with Gasteiger partial charge in [0.2, 0.25) is 0 Å². The number of benzene rings is 1. The van der Waals surface area contributed by atoms with Gasteiger partial charge in [0.15, 0.2) is 0 Å². The molecule has 1 aliphatic heterocycles. The SMILES string of the molecule is CCNC(CCc1ccc(OC)cc1)C1=CCCO1. The summed E-state index contributed by atoms with van der Waals surface area (Å²) in [7, 11) is 1.69. The molecule has 0 saturated heterocycles. The normalized spacial score (nSPS) is 15.8. The van der Waals surface area contributed by atoms with E-state index < -0.39 is 0 Å². The van der Waals surface area contributed by atoms with Crippen LogP contribution in [-0.4, -0.2) is 26.3 Å². The molecule has 1 N–H and O–H groups in total. The lowest BCUT2D eigenvalue weighted by Gasteiger charge is -2.19. The van der Waals surface area contributed by atoms with Crippen LogP contribution in [0.1, 0.15) is 25.3 Å². The van der Waals surface area contributed by atoms with Crippen molar-refractivity contribution in [1.29, 1.82) is 0 Å². The topological polar surface area (TPSA) is 30.5 Å². The summed E-state index contributed by atoms with van der Waals surface area (Å²) >= 11 is 0. The summed E-state index contributed by atoms with van der Waals surface area (Å²) in [6.07, 6.45) is 5.36. The Morgan fingerprint density at radius 3 is 2.68 bits per heavy atom. The molecule has 1 aliphatic rings. The second kappa shape index (κ2) is 7.19. The van der Waals surface area contributed by atoms with E-state index in [1.165, 1.54) is 5.56 Å². The number of rotatable bonds is 7. The standard InChI is InChI=1S/C16H23NO2/c1-3-17-15(16-5-4-12-19-16)11-8-13-6-9-14(18-2)10-7-13/h5-7,9-10,15,17H,3-4,8,11-12H2,1-2H3. The summed E-state index contributed by atoms with van der Waals surface area (Å²) in [5.74, 6) is 2.03. The zero-order chi connectivity index (χ0) is 13.5. The molecule has 0 radical (unpaired) electrons. The van der Waals surface area contributed by atoms with Gasteiger partial charge in [0.05, 0.1) is 19.8 Å². The van der Waals surface area contributed by atoms with Crippen molar-refractivity contribution < 1.29 is 9.47 Å². The van der Waals surface area contributed by atoms with Crippen LogP contribution in [0.25, 0.3) is 0 Å². The van der Waals surface area contributed by atoms with E-state index in [2.05, 4.69) is 30.4 Å². The van der Waals surface area contributed by atoms with Crippen LogP contribution in [-0.2, 0) is 11.2 Å². The summed E-state index contributed by atoms with van der Waals surface area (Å²) < 4.78 is 10.8. The Morgan fingerprint density at radius 1 is 1.32 bits per heavy atom. The van der Waals surface area contributed by atoms with Crippen molar-refractivity contribution in [2.45, 2.75) is 32.2 Å². The van der Waals surface area contributed by atoms with Gasteiger partial charge in [-0.2, -0.15) is 0 Å². The van der Waals surface area contributed by atoms with Crippen LogP contribution in [0, 0.1) is 0 Å². The van der Waals surface area contributed by atoms with Crippen molar-refractivity contribution in [2.75, 3.05) is 20.3 Å². The van der Waals surface area contributed by atoms with Crippen molar-refractivity contribution in [3.63, 3.8) is 0 Å². The molecule has 1 aromatic rings. The largest absolute Gasteiger partial charge is 0.497 e. The number of aryl methyl sites for hydroxylation is 1. The van der Waals surface area contributed by atoms with Gasteiger partial charge in [-0.05, 0) is 43.2 Å². The van der Waals surface area contributed by atoms with Crippen LogP contribution in [0.2, 0.25) is 0 Å². The summed E-state index contributed by atoms with van der Waals surface area (Å²) in [6.45, 7) is 3.93. The highest BCUT2D eigenvalue weighted by Crippen LogP contribution is 2.19. The minimum absolute atomic E-state index is 0.342. The Bertz CT molecular complexity index is 411. The molecule has 3 nitrogen and oxygen atoms in total. The Labute approximate surface area is 115 Å². The molecule has 0 spiro atoms. The zero-order valence-corrected chi connectivity index (χ0v) is 11.8. The predicted molar refractivity (Wildman–Crippen MR) is 77.4 cm³/mol. The second-order valence-corrected chi connectivity index (χ2v) is 4.74. The molecule has 0 saturated carbocycles. The van der Waals surface area contributed by atoms with E-state index in [9.17, 15) is 0 Å². The number of likely N-dealkylation sites (N-methyl/N-ethyl adjacent to an activating group) is 1. The van der Waals surface area contributed by atoms with Gasteiger partial charge in [-0.25, -0.2) is 0 Å². The maximum absolute atomic E-state index is 5.67. The minimum atomic E-state index is 0.342. The van der Waals surface area contributed by atoms with E-state index in [1.807, 2.05) is 12.1 Å². The summed E-state index contributed by atoms with van der Waals surface area (Å²) in [5, 5.41) is 3.50. The number of hydrogen-bond donors (Lipinski definition) is 1. The van der Waals surface area contributed by atoms with Crippen LogP contribution in [0.3, 0.4) is 0 Å².